The molecule has 2 heterocycles. The summed E-state index contributed by atoms with van der Waals surface area (Å²) in [5.74, 6) is 0.780. The van der Waals surface area contributed by atoms with Gasteiger partial charge < -0.3 is 10.1 Å². The molecule has 0 radical (unpaired) electrons. The molecular weight excluding hydrogens is 402 g/mol. The lowest BCUT2D eigenvalue weighted by molar-refractivity contribution is 0.101. The van der Waals surface area contributed by atoms with Gasteiger partial charge in [-0.2, -0.15) is 10.2 Å². The van der Waals surface area contributed by atoms with E-state index in [1.165, 1.54) is 4.68 Å². The van der Waals surface area contributed by atoms with Crippen molar-refractivity contribution in [2.75, 3.05) is 5.32 Å². The number of aryl methyl sites for hydroxylation is 1. The average Bonchev–Trinajstić information content (AvgIpc) is 3.34. The predicted octanol–water partition coefficient (Wildman–Crippen LogP) is 4.38. The maximum absolute atomic E-state index is 12.5. The van der Waals surface area contributed by atoms with Gasteiger partial charge in [0.15, 0.2) is 18.2 Å². The fraction of sp³-hybridized carbons (Fsp3) is 0.136. The Morgan fingerprint density at radius 3 is 2.70 bits per heavy atom. The first-order valence-corrected chi connectivity index (χ1v) is 9.76. The second-order valence-corrected chi connectivity index (χ2v) is 7.18. The molecule has 2 aromatic heterocycles. The fourth-order valence-corrected chi connectivity index (χ4v) is 3.10. The van der Waals surface area contributed by atoms with Gasteiger partial charge in [0.1, 0.15) is 5.75 Å². The van der Waals surface area contributed by atoms with Crippen molar-refractivity contribution in [3.05, 3.63) is 94.9 Å². The molecular formula is C22H20ClN5O2. The van der Waals surface area contributed by atoms with Crippen molar-refractivity contribution in [3.63, 3.8) is 0 Å². The molecule has 0 unspecified atom stereocenters. The summed E-state index contributed by atoms with van der Waals surface area (Å²) >= 11 is 5.94. The number of anilines is 1. The first-order chi connectivity index (χ1) is 14.6. The fourth-order valence-electron chi connectivity index (χ4n) is 2.92. The van der Waals surface area contributed by atoms with E-state index in [0.717, 1.165) is 11.3 Å². The number of carbonyl (C=O) groups excluding carboxylic acids is 1. The van der Waals surface area contributed by atoms with Crippen LogP contribution < -0.4 is 10.1 Å². The first-order valence-electron chi connectivity index (χ1n) is 9.38. The zero-order valence-electron chi connectivity index (χ0n) is 16.3. The molecule has 8 heteroatoms. The van der Waals surface area contributed by atoms with Crippen LogP contribution in [-0.2, 0) is 13.3 Å². The lowest BCUT2D eigenvalue weighted by atomic mass is 10.2. The molecule has 7 nitrogen and oxygen atoms in total. The third-order valence-electron chi connectivity index (χ3n) is 4.43. The summed E-state index contributed by atoms with van der Waals surface area (Å²) in [5, 5.41) is 12.1. The van der Waals surface area contributed by atoms with Crippen molar-refractivity contribution in [2.45, 2.75) is 20.2 Å². The zero-order chi connectivity index (χ0) is 20.9. The number of amides is 1. The number of carbonyl (C=O) groups is 1. The van der Waals surface area contributed by atoms with Gasteiger partial charge in [-0.3, -0.25) is 9.48 Å². The summed E-state index contributed by atoms with van der Waals surface area (Å²) in [4.78, 5) is 12.5. The number of benzene rings is 2. The van der Waals surface area contributed by atoms with Crippen LogP contribution in [0.25, 0.3) is 0 Å². The molecule has 0 fully saturated rings. The molecule has 0 bridgehead atoms. The number of ether oxygens (including phenoxy) is 1. The van der Waals surface area contributed by atoms with Crippen LogP contribution >= 0.6 is 11.6 Å². The van der Waals surface area contributed by atoms with Crippen LogP contribution in [0.15, 0.2) is 72.9 Å². The Morgan fingerprint density at radius 1 is 1.07 bits per heavy atom. The molecule has 4 rings (SSSR count). The Bertz CT molecular complexity index is 1150. The summed E-state index contributed by atoms with van der Waals surface area (Å²) in [6, 6.07) is 20.6. The van der Waals surface area contributed by atoms with Gasteiger partial charge in [-0.05, 0) is 36.8 Å². The van der Waals surface area contributed by atoms with Crippen molar-refractivity contribution in [1.29, 1.82) is 0 Å². The first kappa shape index (κ1) is 19.7. The summed E-state index contributed by atoms with van der Waals surface area (Å²) in [7, 11) is 0. The van der Waals surface area contributed by atoms with Gasteiger partial charge in [0.05, 0.1) is 6.54 Å². The van der Waals surface area contributed by atoms with Crippen molar-refractivity contribution in [1.82, 2.24) is 19.6 Å². The van der Waals surface area contributed by atoms with Crippen LogP contribution in [0.2, 0.25) is 5.02 Å². The normalized spacial score (nSPS) is 10.7. The Hall–Kier alpha value is -3.58. The Labute approximate surface area is 178 Å². The van der Waals surface area contributed by atoms with E-state index in [0.29, 0.717) is 23.1 Å². The van der Waals surface area contributed by atoms with Crippen molar-refractivity contribution in [2.24, 2.45) is 0 Å². The van der Waals surface area contributed by atoms with E-state index in [1.54, 1.807) is 36.5 Å². The minimum atomic E-state index is -0.333. The van der Waals surface area contributed by atoms with E-state index in [-0.39, 0.29) is 18.3 Å². The van der Waals surface area contributed by atoms with Gasteiger partial charge in [0, 0.05) is 23.0 Å². The standard InChI is InChI=1S/C22H20ClN5O2/c1-16-12-21(26-28(16)14-17-6-3-2-4-7-17)24-22(29)20-10-11-27(25-20)15-30-19-9-5-8-18(23)13-19/h2-13H,14-15H2,1H3,(H,24,26,29). The van der Waals surface area contributed by atoms with Crippen LogP contribution in [0.5, 0.6) is 5.75 Å². The highest BCUT2D eigenvalue weighted by molar-refractivity contribution is 6.30. The van der Waals surface area contributed by atoms with Crippen LogP contribution in [0, 0.1) is 6.92 Å². The molecule has 0 saturated carbocycles. The third-order valence-corrected chi connectivity index (χ3v) is 4.67. The average molecular weight is 422 g/mol. The number of hydrogen-bond acceptors (Lipinski definition) is 4. The van der Waals surface area contributed by atoms with Gasteiger partial charge in [-0.25, -0.2) is 4.68 Å². The van der Waals surface area contributed by atoms with Crippen LogP contribution in [-0.4, -0.2) is 25.5 Å². The largest absolute Gasteiger partial charge is 0.471 e. The number of aromatic nitrogens is 4. The summed E-state index contributed by atoms with van der Waals surface area (Å²) < 4.78 is 9.01. The van der Waals surface area contributed by atoms with Crippen LogP contribution in [0.4, 0.5) is 5.82 Å². The lowest BCUT2D eigenvalue weighted by Gasteiger charge is -2.06. The van der Waals surface area contributed by atoms with Gasteiger partial charge in [-0.1, -0.05) is 48.0 Å². The number of nitrogens with zero attached hydrogens (tertiary/aromatic N) is 4. The van der Waals surface area contributed by atoms with E-state index < -0.39 is 0 Å². The molecule has 0 aliphatic carbocycles. The number of hydrogen-bond donors (Lipinski definition) is 1. The van der Waals surface area contributed by atoms with E-state index >= 15 is 0 Å². The minimum absolute atomic E-state index is 0.165. The second kappa shape index (κ2) is 8.84. The highest BCUT2D eigenvalue weighted by Crippen LogP contribution is 2.17. The maximum atomic E-state index is 12.5. The molecule has 30 heavy (non-hydrogen) atoms. The topological polar surface area (TPSA) is 74.0 Å². The molecule has 0 spiro atoms. The molecule has 2 aromatic carbocycles. The van der Waals surface area contributed by atoms with Gasteiger partial charge in [0.2, 0.25) is 0 Å². The Morgan fingerprint density at radius 2 is 1.90 bits per heavy atom. The Kier molecular flexibility index (Phi) is 5.81. The van der Waals surface area contributed by atoms with Gasteiger partial charge in [0.25, 0.3) is 5.91 Å². The van der Waals surface area contributed by atoms with E-state index in [1.807, 2.05) is 48.0 Å². The third kappa shape index (κ3) is 4.87. The van der Waals surface area contributed by atoms with E-state index in [2.05, 4.69) is 15.5 Å². The predicted molar refractivity (Wildman–Crippen MR) is 115 cm³/mol. The summed E-state index contributed by atoms with van der Waals surface area (Å²) in [5.41, 5.74) is 2.37. The van der Waals surface area contributed by atoms with Gasteiger partial charge in [-0.15, -0.1) is 0 Å². The van der Waals surface area contributed by atoms with Gasteiger partial charge >= 0.3 is 0 Å². The summed E-state index contributed by atoms with van der Waals surface area (Å²) in [6.45, 7) is 2.75. The smallest absolute Gasteiger partial charge is 0.277 e. The van der Waals surface area contributed by atoms with Crippen molar-refractivity contribution >= 4 is 23.3 Å². The van der Waals surface area contributed by atoms with Crippen LogP contribution in [0.3, 0.4) is 0 Å². The zero-order valence-corrected chi connectivity index (χ0v) is 17.1. The number of halogens is 1. The Balaban J connectivity index is 1.37. The van der Waals surface area contributed by atoms with Crippen molar-refractivity contribution < 1.29 is 9.53 Å². The minimum Gasteiger partial charge on any atom is -0.471 e. The molecule has 0 atom stereocenters. The van der Waals surface area contributed by atoms with Crippen LogP contribution in [0.1, 0.15) is 21.7 Å². The summed E-state index contributed by atoms with van der Waals surface area (Å²) in [6.07, 6.45) is 1.68. The second-order valence-electron chi connectivity index (χ2n) is 6.74. The molecule has 152 valence electrons. The van der Waals surface area contributed by atoms with E-state index in [9.17, 15) is 4.79 Å². The maximum Gasteiger partial charge on any atom is 0.277 e. The number of rotatable bonds is 7. The molecule has 1 N–H and O–H groups in total. The lowest BCUT2D eigenvalue weighted by Crippen LogP contribution is -2.15. The monoisotopic (exact) mass is 421 g/mol. The highest BCUT2D eigenvalue weighted by Gasteiger charge is 2.13. The van der Waals surface area contributed by atoms with Crippen molar-refractivity contribution in [3.8, 4) is 5.75 Å². The molecule has 0 aliphatic heterocycles. The van der Waals surface area contributed by atoms with E-state index in [4.69, 9.17) is 16.3 Å². The molecule has 0 saturated heterocycles. The molecule has 0 aliphatic rings. The SMILES string of the molecule is Cc1cc(NC(=O)c2ccn(COc3cccc(Cl)c3)n2)nn1Cc1ccccc1. The quantitative estimate of drug-likeness (QED) is 0.480. The molecule has 4 aromatic rings. The molecule has 1 amide bonds. The highest BCUT2D eigenvalue weighted by atomic mass is 35.5. The number of nitrogens with one attached hydrogen (secondary N) is 1.